The van der Waals surface area contributed by atoms with Crippen LogP contribution in [0.4, 0.5) is 0 Å². The molecule has 0 saturated carbocycles. The van der Waals surface area contributed by atoms with E-state index in [1.807, 2.05) is 36.4 Å². The number of para-hydroxylation sites is 1. The van der Waals surface area contributed by atoms with Gasteiger partial charge in [-0.15, -0.1) is 0 Å². The van der Waals surface area contributed by atoms with E-state index in [2.05, 4.69) is 9.47 Å². The van der Waals surface area contributed by atoms with Gasteiger partial charge in [0.1, 0.15) is 5.56 Å². The quantitative estimate of drug-likeness (QED) is 0.502. The van der Waals surface area contributed by atoms with Crippen LogP contribution in [0.25, 0.3) is 22.3 Å². The average molecular weight is 377 g/mol. The van der Waals surface area contributed by atoms with Gasteiger partial charge in [-0.05, 0) is 43.7 Å². The molecule has 3 aromatic rings. The zero-order chi connectivity index (χ0) is 19.1. The molecule has 6 heteroatoms. The number of ether oxygens (including phenoxy) is 1. The van der Waals surface area contributed by atoms with Crippen LogP contribution in [0.5, 0.6) is 0 Å². The van der Waals surface area contributed by atoms with Gasteiger partial charge in [0.15, 0.2) is 0 Å². The van der Waals surface area contributed by atoms with E-state index in [0.717, 1.165) is 69.1 Å². The number of rotatable bonds is 5. The van der Waals surface area contributed by atoms with Crippen LogP contribution in [-0.4, -0.2) is 52.8 Å². The first-order valence-electron chi connectivity index (χ1n) is 9.94. The van der Waals surface area contributed by atoms with Crippen molar-refractivity contribution in [3.8, 4) is 11.4 Å². The monoisotopic (exact) mass is 377 g/mol. The Morgan fingerprint density at radius 1 is 0.929 bits per heavy atom. The number of unbranched alkanes of at least 4 members (excludes halogenated alkanes) is 1. The lowest BCUT2D eigenvalue weighted by molar-refractivity contribution is 0.0371. The Bertz CT molecular complexity index is 1110. The lowest BCUT2D eigenvalue weighted by Gasteiger charge is -2.26. The molecule has 28 heavy (non-hydrogen) atoms. The van der Waals surface area contributed by atoms with Crippen LogP contribution in [-0.2, 0) is 11.3 Å². The number of aryl methyl sites for hydroxylation is 1. The number of pyridine rings is 1. The summed E-state index contributed by atoms with van der Waals surface area (Å²) in [4.78, 5) is 28.3. The summed E-state index contributed by atoms with van der Waals surface area (Å²) in [7, 11) is 0. The molecule has 1 saturated heterocycles. The van der Waals surface area contributed by atoms with Gasteiger partial charge in [0.05, 0.1) is 30.1 Å². The Balaban J connectivity index is 1.50. The molecule has 0 unspecified atom stereocenters. The van der Waals surface area contributed by atoms with Gasteiger partial charge in [-0.25, -0.2) is 0 Å². The van der Waals surface area contributed by atoms with Crippen molar-refractivity contribution in [3.05, 3.63) is 58.4 Å². The van der Waals surface area contributed by atoms with Crippen molar-refractivity contribution < 1.29 is 9.53 Å². The maximum absolute atomic E-state index is 13.0. The van der Waals surface area contributed by atoms with Gasteiger partial charge in [0.25, 0.3) is 5.91 Å². The highest BCUT2D eigenvalue weighted by Gasteiger charge is 2.32. The molecule has 2 aliphatic heterocycles. The van der Waals surface area contributed by atoms with Crippen molar-refractivity contribution in [2.75, 3.05) is 32.8 Å². The second-order valence-electron chi connectivity index (χ2n) is 7.45. The van der Waals surface area contributed by atoms with E-state index < -0.39 is 0 Å². The van der Waals surface area contributed by atoms with Gasteiger partial charge in [-0.2, -0.15) is 0 Å². The first-order valence-corrected chi connectivity index (χ1v) is 9.94. The largest absolute Gasteiger partial charge is 0.379 e. The predicted molar refractivity (Wildman–Crippen MR) is 108 cm³/mol. The van der Waals surface area contributed by atoms with E-state index in [-0.39, 0.29) is 11.3 Å². The second kappa shape index (κ2) is 7.04. The van der Waals surface area contributed by atoms with E-state index in [0.29, 0.717) is 10.9 Å². The van der Waals surface area contributed by atoms with Gasteiger partial charge < -0.3 is 9.30 Å². The minimum atomic E-state index is -0.215. The third-order valence-corrected chi connectivity index (χ3v) is 5.81. The number of carbonyl (C=O) groups excluding carboxylic acids is 1. The first-order chi connectivity index (χ1) is 13.8. The topological polar surface area (TPSA) is 56.5 Å². The van der Waals surface area contributed by atoms with Crippen LogP contribution in [0.2, 0.25) is 0 Å². The van der Waals surface area contributed by atoms with Gasteiger partial charge in [0, 0.05) is 31.2 Å². The minimum absolute atomic E-state index is 0.163. The Kier molecular flexibility index (Phi) is 4.37. The Morgan fingerprint density at radius 3 is 2.57 bits per heavy atom. The Morgan fingerprint density at radius 2 is 1.71 bits per heavy atom. The molecular weight excluding hydrogens is 354 g/mol. The number of benzene rings is 1. The molecule has 6 nitrogen and oxygen atoms in total. The maximum atomic E-state index is 13.0. The highest BCUT2D eigenvalue weighted by atomic mass is 16.5. The molecule has 0 N–H and O–H groups in total. The van der Waals surface area contributed by atoms with Gasteiger partial charge in [-0.3, -0.25) is 19.1 Å². The summed E-state index contributed by atoms with van der Waals surface area (Å²) < 4.78 is 9.17. The lowest BCUT2D eigenvalue weighted by atomic mass is 10.1. The first kappa shape index (κ1) is 17.4. The fourth-order valence-electron chi connectivity index (χ4n) is 4.40. The van der Waals surface area contributed by atoms with E-state index >= 15 is 0 Å². The van der Waals surface area contributed by atoms with E-state index in [1.165, 1.54) is 0 Å². The van der Waals surface area contributed by atoms with Crippen molar-refractivity contribution in [1.29, 1.82) is 0 Å². The van der Waals surface area contributed by atoms with Crippen molar-refractivity contribution in [2.45, 2.75) is 19.4 Å². The molecule has 0 amide bonds. The molecular formula is C22H23N3O3. The van der Waals surface area contributed by atoms with Crippen molar-refractivity contribution in [2.24, 2.45) is 0 Å². The molecule has 5 rings (SSSR count). The SMILES string of the molecule is O=C1c2c(n(CCCCN3CCOCC3)c3ccccc3c2=O)-c2cccn21. The molecule has 2 aliphatic rings. The van der Waals surface area contributed by atoms with Crippen LogP contribution in [0.1, 0.15) is 23.2 Å². The summed E-state index contributed by atoms with van der Waals surface area (Å²) >= 11 is 0. The molecule has 0 atom stereocenters. The van der Waals surface area contributed by atoms with Crippen LogP contribution in [0, 0.1) is 0 Å². The average Bonchev–Trinajstić information content (AvgIpc) is 3.31. The summed E-state index contributed by atoms with van der Waals surface area (Å²) in [6.45, 7) is 5.47. The molecule has 144 valence electrons. The second-order valence-corrected chi connectivity index (χ2v) is 7.45. The number of fused-ring (bicyclic) bond motifs is 4. The third-order valence-electron chi connectivity index (χ3n) is 5.81. The molecule has 0 radical (unpaired) electrons. The number of morpholine rings is 1. The predicted octanol–water partition coefficient (Wildman–Crippen LogP) is 2.58. The molecule has 2 aromatic heterocycles. The highest BCUT2D eigenvalue weighted by molar-refractivity contribution is 6.10. The number of hydrogen-bond donors (Lipinski definition) is 0. The van der Waals surface area contributed by atoms with Crippen molar-refractivity contribution >= 4 is 16.8 Å². The van der Waals surface area contributed by atoms with Gasteiger partial charge in [0.2, 0.25) is 5.43 Å². The van der Waals surface area contributed by atoms with Gasteiger partial charge >= 0.3 is 0 Å². The van der Waals surface area contributed by atoms with Crippen LogP contribution in [0.3, 0.4) is 0 Å². The zero-order valence-corrected chi connectivity index (χ0v) is 15.8. The van der Waals surface area contributed by atoms with Crippen LogP contribution >= 0.6 is 0 Å². The molecule has 1 fully saturated rings. The summed E-state index contributed by atoms with van der Waals surface area (Å²) in [5.74, 6) is -0.215. The smallest absolute Gasteiger partial charge is 0.268 e. The van der Waals surface area contributed by atoms with Crippen LogP contribution in [0.15, 0.2) is 47.4 Å². The fraction of sp³-hybridized carbons (Fsp3) is 0.364. The van der Waals surface area contributed by atoms with E-state index in [9.17, 15) is 9.59 Å². The minimum Gasteiger partial charge on any atom is -0.379 e. The summed E-state index contributed by atoms with van der Waals surface area (Å²) in [6, 6.07) is 11.4. The molecule has 4 heterocycles. The number of aromatic nitrogens is 2. The Hall–Kier alpha value is -2.70. The van der Waals surface area contributed by atoms with Gasteiger partial charge in [-0.1, -0.05) is 12.1 Å². The summed E-state index contributed by atoms with van der Waals surface area (Å²) in [5.41, 5.74) is 2.63. The zero-order valence-electron chi connectivity index (χ0n) is 15.8. The normalized spacial score (nSPS) is 16.5. The maximum Gasteiger partial charge on any atom is 0.268 e. The molecule has 0 spiro atoms. The molecule has 0 aliphatic carbocycles. The third kappa shape index (κ3) is 2.72. The van der Waals surface area contributed by atoms with E-state index in [4.69, 9.17) is 4.74 Å². The molecule has 1 aromatic carbocycles. The summed E-state index contributed by atoms with van der Waals surface area (Å²) in [5, 5.41) is 0.619. The fourth-order valence-corrected chi connectivity index (χ4v) is 4.40. The van der Waals surface area contributed by atoms with Crippen LogP contribution < -0.4 is 5.43 Å². The molecule has 0 bridgehead atoms. The van der Waals surface area contributed by atoms with Crippen molar-refractivity contribution in [3.63, 3.8) is 0 Å². The number of nitrogens with zero attached hydrogens (tertiary/aromatic N) is 3. The number of carbonyl (C=O) groups is 1. The summed E-state index contributed by atoms with van der Waals surface area (Å²) in [6.07, 6.45) is 3.81. The highest BCUT2D eigenvalue weighted by Crippen LogP contribution is 2.33. The van der Waals surface area contributed by atoms with E-state index in [1.54, 1.807) is 10.8 Å². The number of hydrogen-bond acceptors (Lipinski definition) is 4. The lowest BCUT2D eigenvalue weighted by Crippen LogP contribution is -2.36. The van der Waals surface area contributed by atoms with Crippen molar-refractivity contribution in [1.82, 2.24) is 14.0 Å². The Labute approximate surface area is 162 Å². The standard InChI is InChI=1S/C22H23N3O3/c26-21-16-6-1-2-7-17(16)24(10-4-3-9-23-12-14-28-15-13-23)20-18-8-5-11-25(18)22(27)19(20)21/h1-2,5-8,11H,3-4,9-10,12-15H2.